The fraction of sp³-hybridized carbons (Fsp3) is 0.462. The Morgan fingerprint density at radius 3 is 2.59 bits per heavy atom. The van der Waals surface area contributed by atoms with Crippen molar-refractivity contribution >= 4 is 5.91 Å². The van der Waals surface area contributed by atoms with Crippen LogP contribution in [0, 0.1) is 0 Å². The topological polar surface area (TPSA) is 58.6 Å². The average molecular weight is 237 g/mol. The zero-order chi connectivity index (χ0) is 12.7. The molecule has 0 saturated heterocycles. The fourth-order valence-corrected chi connectivity index (χ4v) is 1.40. The number of hydrogen-bond acceptors (Lipinski definition) is 3. The smallest absolute Gasteiger partial charge is 0.248 e. The van der Waals surface area contributed by atoms with Crippen LogP contribution >= 0.6 is 0 Å². The number of rotatable bonds is 6. The first-order valence-corrected chi connectivity index (χ1v) is 5.81. The van der Waals surface area contributed by atoms with Gasteiger partial charge in [-0.1, -0.05) is 12.1 Å². The summed E-state index contributed by atoms with van der Waals surface area (Å²) in [7, 11) is 0. The molecule has 1 atom stereocenters. The molecule has 4 nitrogen and oxygen atoms in total. The summed E-state index contributed by atoms with van der Waals surface area (Å²) in [6, 6.07) is 7.77. The lowest BCUT2D eigenvalue weighted by molar-refractivity contribution is -0.128. The lowest BCUT2D eigenvalue weighted by Gasteiger charge is -2.07. The Morgan fingerprint density at radius 2 is 2.06 bits per heavy atom. The number of amides is 1. The Bertz CT molecular complexity index is 346. The molecule has 1 unspecified atom stereocenters. The predicted molar refractivity (Wildman–Crippen MR) is 66.0 cm³/mol. The maximum atomic E-state index is 11.1. The molecule has 0 aliphatic rings. The van der Waals surface area contributed by atoms with Gasteiger partial charge in [0.05, 0.1) is 6.61 Å². The molecule has 0 bridgehead atoms. The molecule has 0 aliphatic heterocycles. The second-order valence-electron chi connectivity index (χ2n) is 3.79. The molecule has 2 N–H and O–H groups in total. The van der Waals surface area contributed by atoms with Gasteiger partial charge >= 0.3 is 0 Å². The number of aliphatic hydroxyl groups excluding tert-OH is 1. The van der Waals surface area contributed by atoms with Gasteiger partial charge in [-0.05, 0) is 38.0 Å². The average Bonchev–Trinajstić information content (AvgIpc) is 2.31. The van der Waals surface area contributed by atoms with Crippen molar-refractivity contribution in [2.24, 2.45) is 0 Å². The van der Waals surface area contributed by atoms with E-state index in [0.29, 0.717) is 13.2 Å². The molecule has 0 spiro atoms. The zero-order valence-corrected chi connectivity index (χ0v) is 10.3. The van der Waals surface area contributed by atoms with Gasteiger partial charge in [0.1, 0.15) is 11.9 Å². The maximum absolute atomic E-state index is 11.1. The monoisotopic (exact) mass is 237 g/mol. The Balaban J connectivity index is 2.34. The highest BCUT2D eigenvalue weighted by Crippen LogP contribution is 2.12. The van der Waals surface area contributed by atoms with E-state index in [9.17, 15) is 4.79 Å². The summed E-state index contributed by atoms with van der Waals surface area (Å²) < 4.78 is 5.33. The van der Waals surface area contributed by atoms with Crippen LogP contribution in [-0.4, -0.2) is 30.3 Å². The molecule has 4 heteroatoms. The standard InChI is InChI=1S/C13H19NO3/c1-3-17-12-6-4-11(5-7-12)8-9-14-13(16)10(2)15/h4-7,10,15H,3,8-9H2,1-2H3,(H,14,16). The normalized spacial score (nSPS) is 11.9. The molecule has 17 heavy (non-hydrogen) atoms. The summed E-state index contributed by atoms with van der Waals surface area (Å²) in [6.45, 7) is 4.58. The van der Waals surface area contributed by atoms with E-state index in [1.54, 1.807) is 0 Å². The zero-order valence-electron chi connectivity index (χ0n) is 10.3. The third-order valence-corrected chi connectivity index (χ3v) is 2.33. The van der Waals surface area contributed by atoms with Gasteiger partial charge in [0, 0.05) is 6.54 Å². The van der Waals surface area contributed by atoms with Crippen molar-refractivity contribution < 1.29 is 14.6 Å². The summed E-state index contributed by atoms with van der Waals surface area (Å²) in [5.74, 6) is 0.514. The number of carbonyl (C=O) groups is 1. The van der Waals surface area contributed by atoms with E-state index in [1.807, 2.05) is 31.2 Å². The molecule has 0 heterocycles. The van der Waals surface area contributed by atoms with Gasteiger partial charge in [-0.15, -0.1) is 0 Å². The largest absolute Gasteiger partial charge is 0.494 e. The molecule has 0 aromatic heterocycles. The number of carbonyl (C=O) groups excluding carboxylic acids is 1. The molecule has 1 rings (SSSR count). The molecule has 0 radical (unpaired) electrons. The van der Waals surface area contributed by atoms with E-state index in [1.165, 1.54) is 6.92 Å². The van der Waals surface area contributed by atoms with Crippen LogP contribution in [0.1, 0.15) is 19.4 Å². The van der Waals surface area contributed by atoms with Crippen molar-refractivity contribution in [2.45, 2.75) is 26.4 Å². The number of benzene rings is 1. The van der Waals surface area contributed by atoms with Crippen molar-refractivity contribution in [3.63, 3.8) is 0 Å². The maximum Gasteiger partial charge on any atom is 0.248 e. The van der Waals surface area contributed by atoms with E-state index in [-0.39, 0.29) is 5.91 Å². The minimum absolute atomic E-state index is 0.337. The molecular weight excluding hydrogens is 218 g/mol. The van der Waals surface area contributed by atoms with Gasteiger partial charge in [-0.25, -0.2) is 0 Å². The predicted octanol–water partition coefficient (Wildman–Crippen LogP) is 1.12. The highest BCUT2D eigenvalue weighted by molar-refractivity contribution is 5.79. The number of hydrogen-bond donors (Lipinski definition) is 2. The van der Waals surface area contributed by atoms with Crippen LogP contribution in [0.2, 0.25) is 0 Å². The van der Waals surface area contributed by atoms with Gasteiger partial charge in [0.15, 0.2) is 0 Å². The summed E-state index contributed by atoms with van der Waals surface area (Å²) in [5, 5.41) is 11.6. The highest BCUT2D eigenvalue weighted by atomic mass is 16.5. The first-order chi connectivity index (χ1) is 8.13. The highest BCUT2D eigenvalue weighted by Gasteiger charge is 2.06. The van der Waals surface area contributed by atoms with Crippen molar-refractivity contribution in [3.05, 3.63) is 29.8 Å². The van der Waals surface area contributed by atoms with Crippen molar-refractivity contribution in [1.29, 1.82) is 0 Å². The molecule has 0 saturated carbocycles. The second kappa shape index (κ2) is 6.91. The van der Waals surface area contributed by atoms with Crippen molar-refractivity contribution in [1.82, 2.24) is 5.32 Å². The minimum atomic E-state index is -0.949. The van der Waals surface area contributed by atoms with Crippen molar-refractivity contribution in [3.8, 4) is 5.75 Å². The quantitative estimate of drug-likeness (QED) is 0.779. The van der Waals surface area contributed by atoms with Gasteiger partial charge < -0.3 is 15.2 Å². The first-order valence-electron chi connectivity index (χ1n) is 5.81. The SMILES string of the molecule is CCOc1ccc(CCNC(=O)C(C)O)cc1. The molecule has 1 aromatic rings. The van der Waals surface area contributed by atoms with Crippen molar-refractivity contribution in [2.75, 3.05) is 13.2 Å². The summed E-state index contributed by atoms with van der Waals surface area (Å²) in [4.78, 5) is 11.1. The van der Waals surface area contributed by atoms with Crippen LogP contribution in [0.4, 0.5) is 0 Å². The molecule has 0 fully saturated rings. The summed E-state index contributed by atoms with van der Waals surface area (Å²) in [6.07, 6.45) is -0.208. The van der Waals surface area contributed by atoms with E-state index < -0.39 is 6.10 Å². The van der Waals surface area contributed by atoms with E-state index in [0.717, 1.165) is 17.7 Å². The Morgan fingerprint density at radius 1 is 1.41 bits per heavy atom. The van der Waals surface area contributed by atoms with Crippen LogP contribution < -0.4 is 10.1 Å². The van der Waals surface area contributed by atoms with Crippen LogP contribution in [0.5, 0.6) is 5.75 Å². The van der Waals surface area contributed by atoms with Crippen LogP contribution in [0.25, 0.3) is 0 Å². The van der Waals surface area contributed by atoms with Gasteiger partial charge in [-0.3, -0.25) is 4.79 Å². The van der Waals surface area contributed by atoms with Gasteiger partial charge in [0.25, 0.3) is 0 Å². The minimum Gasteiger partial charge on any atom is -0.494 e. The van der Waals surface area contributed by atoms with E-state index in [2.05, 4.69) is 5.32 Å². The molecule has 1 aromatic carbocycles. The lowest BCUT2D eigenvalue weighted by Crippen LogP contribution is -2.33. The van der Waals surface area contributed by atoms with Gasteiger partial charge in [0.2, 0.25) is 5.91 Å². The van der Waals surface area contributed by atoms with Crippen LogP contribution in [-0.2, 0) is 11.2 Å². The van der Waals surface area contributed by atoms with Crippen LogP contribution in [0.15, 0.2) is 24.3 Å². The van der Waals surface area contributed by atoms with Crippen LogP contribution in [0.3, 0.4) is 0 Å². The Hall–Kier alpha value is -1.55. The molecular formula is C13H19NO3. The summed E-state index contributed by atoms with van der Waals surface area (Å²) in [5.41, 5.74) is 1.12. The number of nitrogens with one attached hydrogen (secondary N) is 1. The molecule has 94 valence electrons. The Kier molecular flexibility index (Phi) is 5.49. The summed E-state index contributed by atoms with van der Waals surface area (Å²) >= 11 is 0. The molecule has 0 aliphatic carbocycles. The van der Waals surface area contributed by atoms with E-state index in [4.69, 9.17) is 9.84 Å². The second-order valence-corrected chi connectivity index (χ2v) is 3.79. The molecule has 1 amide bonds. The third kappa shape index (κ3) is 4.87. The third-order valence-electron chi connectivity index (χ3n) is 2.33. The Labute approximate surface area is 102 Å². The lowest BCUT2D eigenvalue weighted by atomic mass is 10.1. The van der Waals surface area contributed by atoms with Gasteiger partial charge in [-0.2, -0.15) is 0 Å². The number of aliphatic hydroxyl groups is 1. The van der Waals surface area contributed by atoms with E-state index >= 15 is 0 Å². The number of ether oxygens (including phenoxy) is 1. The first kappa shape index (κ1) is 13.5. The fourth-order valence-electron chi connectivity index (χ4n) is 1.40.